The lowest BCUT2D eigenvalue weighted by atomic mass is 9.94. The van der Waals surface area contributed by atoms with Crippen molar-refractivity contribution in [2.45, 2.75) is 0 Å². The summed E-state index contributed by atoms with van der Waals surface area (Å²) >= 11 is 0. The smallest absolute Gasteiger partial charge is 0.182 e. The molecule has 276 valence electrons. The minimum Gasteiger partial charge on any atom is -0.294 e. The monoisotopic (exact) mass is 753 g/mol. The molecule has 0 N–H and O–H groups in total. The zero-order chi connectivity index (χ0) is 39.1. The van der Waals surface area contributed by atoms with Crippen LogP contribution in [0.4, 0.5) is 0 Å². The SMILES string of the molecule is c1ccc(-c2ccc(-c3nc(-c4ccccc4)nc(-c4cccc(-n5c6cc(-c7ccccc7)ccc6c6c7ccccc7c(-c7ccccc7)cc65)n4)n3)cc2)cc1. The Morgan fingerprint density at radius 2 is 0.780 bits per heavy atom. The highest BCUT2D eigenvalue weighted by Crippen LogP contribution is 2.42. The highest BCUT2D eigenvalue weighted by atomic mass is 15.1. The summed E-state index contributed by atoms with van der Waals surface area (Å²) in [5.74, 6) is 2.46. The lowest BCUT2D eigenvalue weighted by molar-refractivity contribution is 1.03. The van der Waals surface area contributed by atoms with Gasteiger partial charge >= 0.3 is 0 Å². The minimum atomic E-state index is 0.504. The van der Waals surface area contributed by atoms with Crippen molar-refractivity contribution in [3.63, 3.8) is 0 Å². The van der Waals surface area contributed by atoms with Crippen molar-refractivity contribution in [1.29, 1.82) is 0 Å². The van der Waals surface area contributed by atoms with Crippen LogP contribution in [0.1, 0.15) is 0 Å². The Balaban J connectivity index is 1.13. The van der Waals surface area contributed by atoms with E-state index in [1.807, 2.05) is 42.5 Å². The van der Waals surface area contributed by atoms with Crippen LogP contribution in [0.3, 0.4) is 0 Å². The number of hydrogen-bond donors (Lipinski definition) is 0. The summed E-state index contributed by atoms with van der Waals surface area (Å²) in [6.45, 7) is 0. The average Bonchev–Trinajstić information content (AvgIpc) is 3.66. The van der Waals surface area contributed by atoms with Crippen LogP contribution < -0.4 is 0 Å². The third kappa shape index (κ3) is 6.22. The van der Waals surface area contributed by atoms with Crippen molar-refractivity contribution >= 4 is 32.6 Å². The second kappa shape index (κ2) is 14.5. The van der Waals surface area contributed by atoms with Gasteiger partial charge in [0.05, 0.1) is 11.0 Å². The number of rotatable bonds is 7. The maximum Gasteiger partial charge on any atom is 0.182 e. The van der Waals surface area contributed by atoms with E-state index in [-0.39, 0.29) is 0 Å². The lowest BCUT2D eigenvalue weighted by Gasteiger charge is -2.13. The Kier molecular flexibility index (Phi) is 8.41. The highest BCUT2D eigenvalue weighted by molar-refractivity contribution is 6.24. The summed E-state index contributed by atoms with van der Waals surface area (Å²) in [6, 6.07) is 74.0. The maximum absolute atomic E-state index is 5.40. The number of benzene rings is 8. The first-order valence-electron chi connectivity index (χ1n) is 19.8. The van der Waals surface area contributed by atoms with E-state index in [4.69, 9.17) is 19.9 Å². The zero-order valence-electron chi connectivity index (χ0n) is 31.9. The van der Waals surface area contributed by atoms with Crippen LogP contribution in [0, 0.1) is 0 Å². The standard InChI is InChI=1S/C54H35N5/c1-5-16-36(17-6-1)38-28-30-41(31-29-38)53-56-52(40-22-11-4-12-23-40)57-54(58-53)47-26-15-27-50(55-47)59-48-34-42(37-18-7-2-8-19-37)32-33-45(48)51-44-25-14-13-24-43(44)46(35-49(51)59)39-20-9-3-10-21-39/h1-35H. The molecule has 3 heterocycles. The topological polar surface area (TPSA) is 56.5 Å². The van der Waals surface area contributed by atoms with E-state index < -0.39 is 0 Å². The second-order valence-corrected chi connectivity index (χ2v) is 14.7. The van der Waals surface area contributed by atoms with Crippen LogP contribution in [0.5, 0.6) is 0 Å². The van der Waals surface area contributed by atoms with E-state index in [9.17, 15) is 0 Å². The summed E-state index contributed by atoms with van der Waals surface area (Å²) in [5.41, 5.74) is 11.5. The molecule has 0 fully saturated rings. The van der Waals surface area contributed by atoms with Gasteiger partial charge in [0.1, 0.15) is 11.5 Å². The van der Waals surface area contributed by atoms with Gasteiger partial charge in [0.15, 0.2) is 17.5 Å². The molecule has 0 aliphatic heterocycles. The molecule has 59 heavy (non-hydrogen) atoms. The predicted molar refractivity (Wildman–Crippen MR) is 242 cm³/mol. The first kappa shape index (κ1) is 34.2. The molecule has 0 saturated carbocycles. The van der Waals surface area contributed by atoms with Crippen LogP contribution in [0.25, 0.3) is 106 Å². The van der Waals surface area contributed by atoms with Gasteiger partial charge in [0.25, 0.3) is 0 Å². The van der Waals surface area contributed by atoms with E-state index in [2.05, 4.69) is 174 Å². The van der Waals surface area contributed by atoms with Gasteiger partial charge in [-0.15, -0.1) is 0 Å². The Hall–Kier alpha value is -8.02. The third-order valence-corrected chi connectivity index (χ3v) is 11.1. The Bertz CT molecular complexity index is 3290. The van der Waals surface area contributed by atoms with Crippen LogP contribution in [-0.2, 0) is 0 Å². The molecule has 0 aliphatic rings. The van der Waals surface area contributed by atoms with Crippen LogP contribution >= 0.6 is 0 Å². The molecule has 0 saturated heterocycles. The molecule has 3 aromatic heterocycles. The predicted octanol–water partition coefficient (Wildman–Crippen LogP) is 13.5. The molecule has 0 spiro atoms. The van der Waals surface area contributed by atoms with Gasteiger partial charge < -0.3 is 0 Å². The van der Waals surface area contributed by atoms with Crippen molar-refractivity contribution in [1.82, 2.24) is 24.5 Å². The van der Waals surface area contributed by atoms with E-state index >= 15 is 0 Å². The fraction of sp³-hybridized carbons (Fsp3) is 0. The number of fused-ring (bicyclic) bond motifs is 5. The van der Waals surface area contributed by atoms with Crippen molar-refractivity contribution in [3.8, 4) is 73.5 Å². The molecule has 0 radical (unpaired) electrons. The van der Waals surface area contributed by atoms with E-state index in [1.54, 1.807) is 0 Å². The lowest BCUT2D eigenvalue weighted by Crippen LogP contribution is -2.03. The molecular weight excluding hydrogens is 719 g/mol. The van der Waals surface area contributed by atoms with Crippen LogP contribution in [0.2, 0.25) is 0 Å². The number of hydrogen-bond acceptors (Lipinski definition) is 4. The molecule has 0 aliphatic carbocycles. The Morgan fingerprint density at radius 1 is 0.288 bits per heavy atom. The van der Waals surface area contributed by atoms with Crippen molar-refractivity contribution in [3.05, 3.63) is 212 Å². The van der Waals surface area contributed by atoms with Gasteiger partial charge in [0, 0.05) is 21.9 Å². The van der Waals surface area contributed by atoms with Crippen molar-refractivity contribution < 1.29 is 0 Å². The molecule has 0 unspecified atom stereocenters. The number of aromatic nitrogens is 5. The normalized spacial score (nSPS) is 11.4. The fourth-order valence-electron chi connectivity index (χ4n) is 8.24. The van der Waals surface area contributed by atoms with Gasteiger partial charge in [-0.1, -0.05) is 188 Å². The summed E-state index contributed by atoms with van der Waals surface area (Å²) in [6.07, 6.45) is 0. The molecule has 5 heteroatoms. The van der Waals surface area contributed by atoms with Crippen molar-refractivity contribution in [2.75, 3.05) is 0 Å². The van der Waals surface area contributed by atoms with Gasteiger partial charge in [-0.05, 0) is 68.4 Å². The van der Waals surface area contributed by atoms with Gasteiger partial charge in [0.2, 0.25) is 0 Å². The molecule has 0 bridgehead atoms. The zero-order valence-corrected chi connectivity index (χ0v) is 31.9. The summed E-state index contributed by atoms with van der Waals surface area (Å²) in [4.78, 5) is 20.6. The molecule has 5 nitrogen and oxygen atoms in total. The first-order chi connectivity index (χ1) is 29.2. The Morgan fingerprint density at radius 3 is 1.44 bits per heavy atom. The van der Waals surface area contributed by atoms with E-state index in [0.29, 0.717) is 23.2 Å². The highest BCUT2D eigenvalue weighted by Gasteiger charge is 2.21. The van der Waals surface area contributed by atoms with Gasteiger partial charge in [-0.3, -0.25) is 4.57 Å². The minimum absolute atomic E-state index is 0.504. The molecule has 0 amide bonds. The summed E-state index contributed by atoms with van der Waals surface area (Å²) in [5, 5.41) is 4.76. The quantitative estimate of drug-likeness (QED) is 0.163. The molecule has 11 rings (SSSR count). The summed E-state index contributed by atoms with van der Waals surface area (Å²) in [7, 11) is 0. The molecule has 11 aromatic rings. The molecule has 8 aromatic carbocycles. The van der Waals surface area contributed by atoms with Gasteiger partial charge in [-0.25, -0.2) is 19.9 Å². The number of nitrogens with zero attached hydrogens (tertiary/aromatic N) is 5. The fourth-order valence-corrected chi connectivity index (χ4v) is 8.24. The van der Waals surface area contributed by atoms with Crippen LogP contribution in [-0.4, -0.2) is 24.5 Å². The largest absolute Gasteiger partial charge is 0.294 e. The van der Waals surface area contributed by atoms with Crippen LogP contribution in [0.15, 0.2) is 212 Å². The number of pyridine rings is 1. The van der Waals surface area contributed by atoms with Gasteiger partial charge in [-0.2, -0.15) is 0 Å². The third-order valence-electron chi connectivity index (χ3n) is 11.1. The van der Waals surface area contributed by atoms with E-state index in [1.165, 1.54) is 21.7 Å². The summed E-state index contributed by atoms with van der Waals surface area (Å²) < 4.78 is 2.31. The van der Waals surface area contributed by atoms with E-state index in [0.717, 1.165) is 61.2 Å². The van der Waals surface area contributed by atoms with Crippen molar-refractivity contribution in [2.24, 2.45) is 0 Å². The first-order valence-corrected chi connectivity index (χ1v) is 19.8. The maximum atomic E-state index is 5.40. The molecular formula is C54H35N5. The average molecular weight is 754 g/mol. The Labute approximate surface area is 341 Å². The second-order valence-electron chi connectivity index (χ2n) is 14.7. The molecule has 0 atom stereocenters.